The minimum absolute atomic E-state index is 0.0261. The van der Waals surface area contributed by atoms with Crippen molar-refractivity contribution in [3.8, 4) is 0 Å². The molecule has 0 saturated carbocycles. The molecule has 0 bridgehead atoms. The summed E-state index contributed by atoms with van der Waals surface area (Å²) in [5, 5.41) is 18.3. The fourth-order valence-electron chi connectivity index (χ4n) is 2.92. The molecule has 2 unspecified atom stereocenters. The number of benzene rings is 1. The predicted octanol–water partition coefficient (Wildman–Crippen LogP) is 3.09. The molecule has 1 aromatic carbocycles. The number of hydrogen-bond acceptors (Lipinski definition) is 4. The molecule has 0 aliphatic carbocycles. The summed E-state index contributed by atoms with van der Waals surface area (Å²) in [5.74, 6) is -1.58. The van der Waals surface area contributed by atoms with Crippen LogP contribution in [0.4, 0.5) is 10.2 Å². The van der Waals surface area contributed by atoms with Gasteiger partial charge in [0.1, 0.15) is 11.6 Å². The smallest absolute Gasteiger partial charge is 0.301 e. The van der Waals surface area contributed by atoms with Gasteiger partial charge < -0.3 is 5.32 Å². The number of amides is 1. The van der Waals surface area contributed by atoms with Crippen LogP contribution < -0.4 is 5.32 Å². The fourth-order valence-corrected chi connectivity index (χ4v) is 3.32. The van der Waals surface area contributed by atoms with Crippen molar-refractivity contribution in [2.75, 3.05) is 5.32 Å². The Morgan fingerprint density at radius 3 is 2.75 bits per heavy atom. The molecule has 2 atom stereocenters. The van der Waals surface area contributed by atoms with E-state index in [1.165, 1.54) is 24.4 Å². The zero-order valence-corrected chi connectivity index (χ0v) is 14.4. The minimum atomic E-state index is -1.50. The molecule has 126 valence electrons. The van der Waals surface area contributed by atoms with Crippen LogP contribution in [-0.4, -0.2) is 26.7 Å². The zero-order valence-electron chi connectivity index (χ0n) is 12.9. The van der Waals surface area contributed by atoms with Gasteiger partial charge in [-0.3, -0.25) is 14.9 Å². The Balaban J connectivity index is 2.21. The molecule has 7 nitrogen and oxygen atoms in total. The van der Waals surface area contributed by atoms with E-state index in [0.717, 1.165) is 0 Å². The number of carbonyl (C=O) groups excluding carboxylic acids is 1. The molecule has 3 rings (SSSR count). The first-order chi connectivity index (χ1) is 11.3. The summed E-state index contributed by atoms with van der Waals surface area (Å²) in [6, 6.07) is 2.61. The second-order valence-electron chi connectivity index (χ2n) is 5.86. The third-order valence-electron chi connectivity index (χ3n) is 4.00. The first-order valence-corrected chi connectivity index (χ1v) is 8.07. The lowest BCUT2D eigenvalue weighted by molar-refractivity contribution is -0.509. The van der Waals surface area contributed by atoms with Crippen molar-refractivity contribution in [2.45, 2.75) is 31.8 Å². The normalized spacial score (nSPS) is 20.0. The number of nitro groups is 1. The molecular formula is C15H14BrFN4O3. The Hall–Kier alpha value is -2.29. The monoisotopic (exact) mass is 396 g/mol. The number of nitrogens with one attached hydrogen (secondary N) is 1. The number of fused-ring (bicyclic) bond motifs is 1. The topological polar surface area (TPSA) is 90.1 Å². The van der Waals surface area contributed by atoms with Crippen LogP contribution in [0, 0.1) is 15.9 Å². The van der Waals surface area contributed by atoms with Crippen LogP contribution in [0.25, 0.3) is 0 Å². The zero-order chi connectivity index (χ0) is 17.6. The van der Waals surface area contributed by atoms with Crippen molar-refractivity contribution in [1.29, 1.82) is 0 Å². The van der Waals surface area contributed by atoms with Gasteiger partial charge in [-0.1, -0.05) is 6.07 Å². The molecule has 1 aromatic heterocycles. The Morgan fingerprint density at radius 2 is 2.17 bits per heavy atom. The van der Waals surface area contributed by atoms with Crippen LogP contribution in [0.5, 0.6) is 0 Å². The van der Waals surface area contributed by atoms with Crippen LogP contribution >= 0.6 is 15.9 Å². The third kappa shape index (κ3) is 2.58. The fraction of sp³-hybridized carbons (Fsp3) is 0.333. The molecule has 1 N–H and O–H groups in total. The van der Waals surface area contributed by atoms with Crippen molar-refractivity contribution in [2.24, 2.45) is 0 Å². The lowest BCUT2D eigenvalue weighted by Crippen LogP contribution is -2.44. The second kappa shape index (κ2) is 5.97. The molecule has 2 heterocycles. The summed E-state index contributed by atoms with van der Waals surface area (Å²) in [6.07, 6.45) is 1.52. The Bertz CT molecular complexity index is 836. The Kier molecular flexibility index (Phi) is 4.12. The summed E-state index contributed by atoms with van der Waals surface area (Å²) >= 11 is 3.09. The lowest BCUT2D eigenvalue weighted by Gasteiger charge is -2.27. The van der Waals surface area contributed by atoms with Crippen LogP contribution in [0.3, 0.4) is 0 Å². The van der Waals surface area contributed by atoms with Gasteiger partial charge in [-0.05, 0) is 47.5 Å². The van der Waals surface area contributed by atoms with Crippen molar-refractivity contribution in [1.82, 2.24) is 9.78 Å². The molecule has 0 spiro atoms. The lowest BCUT2D eigenvalue weighted by atomic mass is 9.83. The van der Waals surface area contributed by atoms with Gasteiger partial charge in [0.2, 0.25) is 0 Å². The average Bonchev–Trinajstić information content (AvgIpc) is 2.91. The molecule has 1 aliphatic heterocycles. The minimum Gasteiger partial charge on any atom is -0.305 e. The van der Waals surface area contributed by atoms with Crippen LogP contribution in [0.15, 0.2) is 28.9 Å². The molecule has 1 amide bonds. The SMILES string of the molecule is CC(C)n1ncc2c1NC(=O)C([N+](=O)[O-])C2c1ccc(F)c(Br)c1. The van der Waals surface area contributed by atoms with Gasteiger partial charge >= 0.3 is 11.9 Å². The van der Waals surface area contributed by atoms with Gasteiger partial charge in [0, 0.05) is 16.5 Å². The maximum atomic E-state index is 13.5. The molecule has 2 aromatic rings. The van der Waals surface area contributed by atoms with Gasteiger partial charge in [-0.25, -0.2) is 9.07 Å². The van der Waals surface area contributed by atoms with E-state index in [1.807, 2.05) is 13.8 Å². The van der Waals surface area contributed by atoms with E-state index in [4.69, 9.17) is 0 Å². The Morgan fingerprint density at radius 1 is 1.46 bits per heavy atom. The number of halogens is 2. The average molecular weight is 397 g/mol. The van der Waals surface area contributed by atoms with Gasteiger partial charge in [0.05, 0.1) is 16.6 Å². The first kappa shape index (κ1) is 16.6. The van der Waals surface area contributed by atoms with Crippen molar-refractivity contribution >= 4 is 27.7 Å². The summed E-state index contributed by atoms with van der Waals surface area (Å²) < 4.78 is 15.3. The highest BCUT2D eigenvalue weighted by Gasteiger charge is 2.47. The van der Waals surface area contributed by atoms with E-state index in [1.54, 1.807) is 4.68 Å². The first-order valence-electron chi connectivity index (χ1n) is 7.28. The van der Waals surface area contributed by atoms with Gasteiger partial charge in [0.15, 0.2) is 0 Å². The molecule has 0 saturated heterocycles. The quantitative estimate of drug-likeness (QED) is 0.637. The van der Waals surface area contributed by atoms with Crippen molar-refractivity contribution in [3.63, 3.8) is 0 Å². The van der Waals surface area contributed by atoms with E-state index in [9.17, 15) is 19.3 Å². The highest BCUT2D eigenvalue weighted by atomic mass is 79.9. The summed E-state index contributed by atoms with van der Waals surface area (Å²) in [7, 11) is 0. The summed E-state index contributed by atoms with van der Waals surface area (Å²) in [6.45, 7) is 3.78. The molecule has 1 aliphatic rings. The summed E-state index contributed by atoms with van der Waals surface area (Å²) in [4.78, 5) is 23.2. The molecule has 24 heavy (non-hydrogen) atoms. The van der Waals surface area contributed by atoms with Gasteiger partial charge in [0.25, 0.3) is 0 Å². The molecular weight excluding hydrogens is 383 g/mol. The largest absolute Gasteiger partial charge is 0.305 e. The summed E-state index contributed by atoms with van der Waals surface area (Å²) in [5.41, 5.74) is 1.02. The standard InChI is InChI=1S/C15H14BrFN4O3/c1-7(2)20-14-9(6-18-20)12(13(21(23)24)15(22)19-14)8-3-4-11(17)10(16)5-8/h3-7,12-13H,1-2H3,(H,19,22). The maximum Gasteiger partial charge on any atom is 0.301 e. The number of nitrogens with zero attached hydrogens (tertiary/aromatic N) is 3. The third-order valence-corrected chi connectivity index (χ3v) is 4.61. The highest BCUT2D eigenvalue weighted by molar-refractivity contribution is 9.10. The molecule has 0 fully saturated rings. The van der Waals surface area contributed by atoms with E-state index >= 15 is 0 Å². The number of anilines is 1. The number of aromatic nitrogens is 2. The van der Waals surface area contributed by atoms with Gasteiger partial charge in [-0.2, -0.15) is 5.10 Å². The Labute approximate surface area is 145 Å². The maximum absolute atomic E-state index is 13.5. The number of rotatable bonds is 3. The molecule has 0 radical (unpaired) electrons. The van der Waals surface area contributed by atoms with Crippen molar-refractivity contribution in [3.05, 3.63) is 55.9 Å². The van der Waals surface area contributed by atoms with E-state index < -0.39 is 28.6 Å². The number of hydrogen-bond donors (Lipinski definition) is 1. The van der Waals surface area contributed by atoms with Crippen molar-refractivity contribution < 1.29 is 14.1 Å². The van der Waals surface area contributed by atoms with E-state index in [2.05, 4.69) is 26.3 Å². The predicted molar refractivity (Wildman–Crippen MR) is 88.0 cm³/mol. The number of carbonyl (C=O) groups is 1. The van der Waals surface area contributed by atoms with Crippen LogP contribution in [0.2, 0.25) is 0 Å². The highest BCUT2D eigenvalue weighted by Crippen LogP contribution is 2.40. The second-order valence-corrected chi connectivity index (χ2v) is 6.71. The van der Waals surface area contributed by atoms with Gasteiger partial charge in [-0.15, -0.1) is 0 Å². The van der Waals surface area contributed by atoms with E-state index in [-0.39, 0.29) is 10.5 Å². The van der Waals surface area contributed by atoms with E-state index in [0.29, 0.717) is 16.9 Å². The molecule has 9 heteroatoms. The van der Waals surface area contributed by atoms with Crippen LogP contribution in [-0.2, 0) is 4.79 Å². The van der Waals surface area contributed by atoms with Crippen LogP contribution in [0.1, 0.15) is 36.9 Å².